The third kappa shape index (κ3) is 5.46. The standard InChI is InChI=1S/C13H26N2O4/c1-12(2,3)9(7-10(17)18)14-11(19)15(6)13(4,5)8-16/h9,16H,7-8H2,1-6H3,(H,14,19)(H,17,18). The molecular weight excluding hydrogens is 248 g/mol. The molecule has 1 unspecified atom stereocenters. The van der Waals surface area contributed by atoms with Crippen molar-refractivity contribution in [3.8, 4) is 0 Å². The van der Waals surface area contributed by atoms with Crippen molar-refractivity contribution < 1.29 is 19.8 Å². The fourth-order valence-corrected chi connectivity index (χ4v) is 1.38. The number of carbonyl (C=O) groups is 2. The van der Waals surface area contributed by atoms with Gasteiger partial charge >= 0.3 is 12.0 Å². The Hall–Kier alpha value is -1.30. The third-order valence-corrected chi connectivity index (χ3v) is 3.32. The van der Waals surface area contributed by atoms with Gasteiger partial charge in [0.1, 0.15) is 0 Å². The van der Waals surface area contributed by atoms with Crippen LogP contribution in [0.5, 0.6) is 0 Å². The molecule has 112 valence electrons. The Morgan fingerprint density at radius 1 is 1.21 bits per heavy atom. The highest BCUT2D eigenvalue weighted by Crippen LogP contribution is 2.22. The van der Waals surface area contributed by atoms with Gasteiger partial charge in [-0.15, -0.1) is 0 Å². The van der Waals surface area contributed by atoms with E-state index < -0.39 is 17.6 Å². The van der Waals surface area contributed by atoms with Gasteiger partial charge in [0, 0.05) is 13.1 Å². The first-order chi connectivity index (χ1) is 8.41. The lowest BCUT2D eigenvalue weighted by atomic mass is 9.85. The molecule has 0 aromatic heterocycles. The SMILES string of the molecule is CN(C(=O)NC(CC(=O)O)C(C)(C)C)C(C)(C)CO. The van der Waals surface area contributed by atoms with Gasteiger partial charge in [0.15, 0.2) is 0 Å². The van der Waals surface area contributed by atoms with E-state index in [1.165, 1.54) is 4.90 Å². The van der Waals surface area contributed by atoms with Gasteiger partial charge in [0.25, 0.3) is 0 Å². The van der Waals surface area contributed by atoms with Crippen molar-refractivity contribution in [1.82, 2.24) is 10.2 Å². The number of aliphatic carboxylic acids is 1. The lowest BCUT2D eigenvalue weighted by Crippen LogP contribution is -2.56. The Balaban J connectivity index is 4.87. The normalized spacial score (nSPS) is 13.8. The van der Waals surface area contributed by atoms with Crippen molar-refractivity contribution in [1.29, 1.82) is 0 Å². The third-order valence-electron chi connectivity index (χ3n) is 3.32. The lowest BCUT2D eigenvalue weighted by molar-refractivity contribution is -0.138. The molecule has 0 aliphatic heterocycles. The number of amides is 2. The number of nitrogens with one attached hydrogen (secondary N) is 1. The van der Waals surface area contributed by atoms with E-state index in [1.807, 2.05) is 20.8 Å². The molecule has 0 spiro atoms. The lowest BCUT2D eigenvalue weighted by Gasteiger charge is -2.37. The van der Waals surface area contributed by atoms with E-state index in [-0.39, 0.29) is 24.5 Å². The molecule has 0 heterocycles. The topological polar surface area (TPSA) is 89.9 Å². The van der Waals surface area contributed by atoms with Crippen LogP contribution in [0.15, 0.2) is 0 Å². The van der Waals surface area contributed by atoms with Crippen LogP contribution in [-0.4, -0.2) is 52.3 Å². The number of hydrogen-bond acceptors (Lipinski definition) is 3. The van der Waals surface area contributed by atoms with Gasteiger partial charge in [-0.2, -0.15) is 0 Å². The summed E-state index contributed by atoms with van der Waals surface area (Å²) in [5, 5.41) is 20.9. The molecular formula is C13H26N2O4. The minimum atomic E-state index is -0.954. The van der Waals surface area contributed by atoms with Crippen LogP contribution in [0, 0.1) is 5.41 Å². The monoisotopic (exact) mass is 274 g/mol. The molecule has 19 heavy (non-hydrogen) atoms. The fourth-order valence-electron chi connectivity index (χ4n) is 1.38. The van der Waals surface area contributed by atoms with Crippen molar-refractivity contribution in [2.24, 2.45) is 5.41 Å². The van der Waals surface area contributed by atoms with E-state index in [1.54, 1.807) is 20.9 Å². The molecule has 0 fully saturated rings. The van der Waals surface area contributed by atoms with Gasteiger partial charge in [-0.25, -0.2) is 4.79 Å². The van der Waals surface area contributed by atoms with Gasteiger partial charge < -0.3 is 20.4 Å². The summed E-state index contributed by atoms with van der Waals surface area (Å²) in [6, 6.07) is -0.866. The zero-order chi connectivity index (χ0) is 15.4. The minimum Gasteiger partial charge on any atom is -0.481 e. The van der Waals surface area contributed by atoms with Crippen molar-refractivity contribution in [3.63, 3.8) is 0 Å². The number of carboxylic acid groups (broad SMARTS) is 1. The summed E-state index contributed by atoms with van der Waals surface area (Å²) >= 11 is 0. The van der Waals surface area contributed by atoms with Gasteiger partial charge in [0.05, 0.1) is 18.6 Å². The molecule has 0 saturated heterocycles. The molecule has 0 aromatic rings. The van der Waals surface area contributed by atoms with Gasteiger partial charge in [0.2, 0.25) is 0 Å². The van der Waals surface area contributed by atoms with Crippen LogP contribution in [0.25, 0.3) is 0 Å². The number of carbonyl (C=O) groups excluding carboxylic acids is 1. The highest BCUT2D eigenvalue weighted by Gasteiger charge is 2.32. The van der Waals surface area contributed by atoms with Crippen molar-refractivity contribution in [2.45, 2.75) is 52.6 Å². The summed E-state index contributed by atoms with van der Waals surface area (Å²) < 4.78 is 0. The smallest absolute Gasteiger partial charge is 0.317 e. The summed E-state index contributed by atoms with van der Waals surface area (Å²) in [6.45, 7) is 8.91. The second-order valence-electron chi connectivity index (χ2n) is 6.50. The quantitative estimate of drug-likeness (QED) is 0.704. The number of carboxylic acids is 1. The maximum atomic E-state index is 12.1. The van der Waals surface area contributed by atoms with Crippen molar-refractivity contribution >= 4 is 12.0 Å². The Labute approximate surface area is 114 Å². The number of likely N-dealkylation sites (N-methyl/N-ethyl adjacent to an activating group) is 1. The van der Waals surface area contributed by atoms with Gasteiger partial charge in [-0.1, -0.05) is 20.8 Å². The number of nitrogens with zero attached hydrogens (tertiary/aromatic N) is 1. The number of urea groups is 1. The van der Waals surface area contributed by atoms with Gasteiger partial charge in [-0.3, -0.25) is 4.79 Å². The summed E-state index contributed by atoms with van der Waals surface area (Å²) in [5.41, 5.74) is -1.06. The molecule has 0 rings (SSSR count). The van der Waals surface area contributed by atoms with E-state index in [4.69, 9.17) is 5.11 Å². The molecule has 2 amide bonds. The van der Waals surface area contributed by atoms with Crippen LogP contribution in [-0.2, 0) is 4.79 Å². The molecule has 3 N–H and O–H groups in total. The Kier molecular flexibility index (Phi) is 5.81. The van der Waals surface area contributed by atoms with E-state index in [9.17, 15) is 14.7 Å². The molecule has 6 nitrogen and oxygen atoms in total. The molecule has 0 aliphatic rings. The first-order valence-corrected chi connectivity index (χ1v) is 6.29. The molecule has 0 radical (unpaired) electrons. The zero-order valence-corrected chi connectivity index (χ0v) is 12.6. The van der Waals surface area contributed by atoms with E-state index >= 15 is 0 Å². The summed E-state index contributed by atoms with van der Waals surface area (Å²) in [5.74, 6) is -0.954. The Morgan fingerprint density at radius 3 is 2.00 bits per heavy atom. The first-order valence-electron chi connectivity index (χ1n) is 6.29. The van der Waals surface area contributed by atoms with Crippen LogP contribution in [0.3, 0.4) is 0 Å². The molecule has 0 aromatic carbocycles. The number of aliphatic hydroxyl groups is 1. The Bertz CT molecular complexity index is 334. The Morgan fingerprint density at radius 2 is 1.68 bits per heavy atom. The zero-order valence-electron chi connectivity index (χ0n) is 12.6. The average Bonchev–Trinajstić information content (AvgIpc) is 2.25. The molecule has 0 aliphatic carbocycles. The minimum absolute atomic E-state index is 0.136. The van der Waals surface area contributed by atoms with E-state index in [0.29, 0.717) is 0 Å². The highest BCUT2D eigenvalue weighted by molar-refractivity contribution is 5.76. The number of aliphatic hydroxyl groups excluding tert-OH is 1. The molecule has 0 saturated carbocycles. The van der Waals surface area contributed by atoms with Crippen molar-refractivity contribution in [2.75, 3.05) is 13.7 Å². The summed E-state index contributed by atoms with van der Waals surface area (Å²) in [6.07, 6.45) is -0.136. The number of hydrogen-bond donors (Lipinski definition) is 3. The van der Waals surface area contributed by atoms with Crippen LogP contribution in [0.4, 0.5) is 4.79 Å². The van der Waals surface area contributed by atoms with Crippen molar-refractivity contribution in [3.05, 3.63) is 0 Å². The van der Waals surface area contributed by atoms with Crippen LogP contribution in [0.2, 0.25) is 0 Å². The molecule has 6 heteroatoms. The van der Waals surface area contributed by atoms with Crippen LogP contribution >= 0.6 is 0 Å². The highest BCUT2D eigenvalue weighted by atomic mass is 16.4. The van der Waals surface area contributed by atoms with Crippen LogP contribution < -0.4 is 5.32 Å². The second-order valence-corrected chi connectivity index (χ2v) is 6.50. The maximum Gasteiger partial charge on any atom is 0.317 e. The average molecular weight is 274 g/mol. The maximum absolute atomic E-state index is 12.1. The predicted octanol–water partition coefficient (Wildman–Crippen LogP) is 1.29. The molecule has 0 bridgehead atoms. The number of rotatable bonds is 5. The van der Waals surface area contributed by atoms with Gasteiger partial charge in [-0.05, 0) is 19.3 Å². The predicted molar refractivity (Wildman–Crippen MR) is 73.0 cm³/mol. The fraction of sp³-hybridized carbons (Fsp3) is 0.846. The van der Waals surface area contributed by atoms with E-state index in [0.717, 1.165) is 0 Å². The second kappa shape index (κ2) is 6.23. The first kappa shape index (κ1) is 17.7. The largest absolute Gasteiger partial charge is 0.481 e. The summed E-state index contributed by atoms with van der Waals surface area (Å²) in [4.78, 5) is 24.3. The van der Waals surface area contributed by atoms with Crippen LogP contribution in [0.1, 0.15) is 41.0 Å². The van der Waals surface area contributed by atoms with E-state index in [2.05, 4.69) is 5.32 Å². The molecule has 1 atom stereocenters. The summed E-state index contributed by atoms with van der Waals surface area (Å²) in [7, 11) is 1.58.